The summed E-state index contributed by atoms with van der Waals surface area (Å²) in [6.45, 7) is 0.923. The number of carboxylic acid groups (broad SMARTS) is 2. The van der Waals surface area contributed by atoms with Crippen molar-refractivity contribution in [1.29, 1.82) is 0 Å². The summed E-state index contributed by atoms with van der Waals surface area (Å²) in [4.78, 5) is 79.4. The van der Waals surface area contributed by atoms with Crippen molar-refractivity contribution in [2.75, 3.05) is 0 Å². The number of hydrogen-bond donors (Lipinski definition) is 6. The summed E-state index contributed by atoms with van der Waals surface area (Å²) in [6.07, 6.45) is -1.04. The molecule has 15 heteroatoms. The van der Waals surface area contributed by atoms with E-state index in [0.29, 0.717) is 15.7 Å². The van der Waals surface area contributed by atoms with Crippen molar-refractivity contribution in [2.24, 2.45) is 16.5 Å². The lowest BCUT2D eigenvalue weighted by molar-refractivity contribution is -0.165. The van der Waals surface area contributed by atoms with E-state index in [1.54, 1.807) is 6.07 Å². The molecule has 0 spiro atoms. The second-order valence-corrected chi connectivity index (χ2v) is 8.33. The van der Waals surface area contributed by atoms with Gasteiger partial charge in [0, 0.05) is 6.92 Å². The third-order valence-electron chi connectivity index (χ3n) is 5.57. The average Bonchev–Trinajstić information content (AvgIpc) is 3.15. The third kappa shape index (κ3) is 6.46. The van der Waals surface area contributed by atoms with Gasteiger partial charge in [-0.3, -0.25) is 19.2 Å². The molecule has 2 aromatic rings. The van der Waals surface area contributed by atoms with E-state index in [0.717, 1.165) is 6.92 Å². The minimum atomic E-state index is -1.96. The minimum absolute atomic E-state index is 0.168. The minimum Gasteiger partial charge on any atom is -0.481 e. The Bertz CT molecular complexity index is 1330. The summed E-state index contributed by atoms with van der Waals surface area (Å²) in [7, 11) is 0. The summed E-state index contributed by atoms with van der Waals surface area (Å²) in [6, 6.07) is 7.41. The molecule has 0 aromatic heterocycles. The Morgan fingerprint density at radius 3 is 2.18 bits per heavy atom. The number of aliphatic carboxylic acids is 2. The number of urea groups is 1. The Labute approximate surface area is 221 Å². The molecule has 1 aliphatic rings. The van der Waals surface area contributed by atoms with Crippen LogP contribution in [0.5, 0.6) is 0 Å². The van der Waals surface area contributed by atoms with Gasteiger partial charge in [-0.05, 0) is 23.3 Å². The Morgan fingerprint density at radius 2 is 1.67 bits per heavy atom. The number of carboxylic acids is 2. The molecule has 1 fully saturated rings. The number of hydrogen-bond acceptors (Lipinski definition) is 7. The van der Waals surface area contributed by atoms with E-state index >= 15 is 0 Å². The van der Waals surface area contributed by atoms with Crippen molar-refractivity contribution < 1.29 is 39.0 Å². The number of nitrogens with two attached hydrogens (primary N) is 2. The molecule has 0 saturated carbocycles. The highest BCUT2D eigenvalue weighted by Gasteiger charge is 2.48. The van der Waals surface area contributed by atoms with Crippen LogP contribution < -0.4 is 22.1 Å². The zero-order chi connectivity index (χ0) is 28.9. The second kappa shape index (κ2) is 11.7. The van der Waals surface area contributed by atoms with Crippen LogP contribution in [0.3, 0.4) is 0 Å². The SMILES string of the molecule is CC(=O)N([C@@H](CC(=O)O)C(=O)N[C@H](C(=O)O)c1ccccc1)N1C(=O)NC(c2ccc(N=C(N)N)cc2)C1=O. The van der Waals surface area contributed by atoms with Gasteiger partial charge in [-0.25, -0.2) is 19.6 Å². The Kier molecular flexibility index (Phi) is 8.45. The molecule has 0 radical (unpaired) electrons. The van der Waals surface area contributed by atoms with E-state index in [1.807, 2.05) is 0 Å². The van der Waals surface area contributed by atoms with Crippen molar-refractivity contribution >= 4 is 47.3 Å². The lowest BCUT2D eigenvalue weighted by Crippen LogP contribution is -2.59. The van der Waals surface area contributed by atoms with Crippen LogP contribution in [-0.2, 0) is 24.0 Å². The van der Waals surface area contributed by atoms with Gasteiger partial charge in [-0.1, -0.05) is 42.5 Å². The van der Waals surface area contributed by atoms with Crippen LogP contribution in [0.4, 0.5) is 10.5 Å². The quantitative estimate of drug-likeness (QED) is 0.131. The fourth-order valence-electron chi connectivity index (χ4n) is 3.92. The number of aliphatic imine (C=N–C) groups is 1. The number of carbonyl (C=O) groups is 6. The van der Waals surface area contributed by atoms with Crippen molar-refractivity contribution in [3.8, 4) is 0 Å². The van der Waals surface area contributed by atoms with Crippen LogP contribution >= 0.6 is 0 Å². The van der Waals surface area contributed by atoms with E-state index in [4.69, 9.17) is 11.5 Å². The van der Waals surface area contributed by atoms with Crippen LogP contribution in [0.1, 0.15) is 36.6 Å². The molecule has 3 rings (SSSR count). The van der Waals surface area contributed by atoms with Crippen LogP contribution in [-0.4, -0.2) is 67.9 Å². The Balaban J connectivity index is 1.94. The molecule has 0 aliphatic carbocycles. The Hall–Kier alpha value is -5.47. The first kappa shape index (κ1) is 28.1. The molecule has 1 heterocycles. The summed E-state index contributed by atoms with van der Waals surface area (Å²) < 4.78 is 0. The van der Waals surface area contributed by atoms with Gasteiger partial charge in [-0.2, -0.15) is 5.01 Å². The summed E-state index contributed by atoms with van der Waals surface area (Å²) in [5, 5.41) is 24.4. The summed E-state index contributed by atoms with van der Waals surface area (Å²) in [5.41, 5.74) is 11.5. The smallest absolute Gasteiger partial charge is 0.344 e. The highest BCUT2D eigenvalue weighted by atomic mass is 16.4. The van der Waals surface area contributed by atoms with E-state index in [9.17, 15) is 39.0 Å². The van der Waals surface area contributed by atoms with Gasteiger partial charge in [0.2, 0.25) is 11.8 Å². The van der Waals surface area contributed by atoms with Crippen LogP contribution in [0.15, 0.2) is 59.6 Å². The van der Waals surface area contributed by atoms with Crippen molar-refractivity contribution in [2.45, 2.75) is 31.5 Å². The monoisotopic (exact) mass is 539 g/mol. The number of benzene rings is 2. The zero-order valence-corrected chi connectivity index (χ0v) is 20.5. The van der Waals surface area contributed by atoms with E-state index in [1.165, 1.54) is 48.5 Å². The maximum absolute atomic E-state index is 13.3. The topological polar surface area (TPSA) is 238 Å². The van der Waals surface area contributed by atoms with Gasteiger partial charge >= 0.3 is 18.0 Å². The standard InChI is InChI=1S/C24H25N7O8/c1-12(32)30(16(11-17(33)34)20(35)28-19(22(37)38)13-5-3-2-4-6-13)31-21(36)18(29-24(31)39)14-7-9-15(10-8-14)27-23(25)26/h2-10,16,18-19H,11H2,1H3,(H,28,35)(H,29,39)(H,33,34)(H,37,38)(H4,25,26,27)/t16-,18?,19-/m0/s1. The average molecular weight is 540 g/mol. The Morgan fingerprint density at radius 1 is 1.05 bits per heavy atom. The molecule has 5 amide bonds. The fourth-order valence-corrected chi connectivity index (χ4v) is 3.92. The molecule has 1 unspecified atom stereocenters. The van der Waals surface area contributed by atoms with Gasteiger partial charge in [0.25, 0.3) is 5.91 Å². The number of rotatable bonds is 10. The number of imide groups is 1. The molecule has 1 aliphatic heterocycles. The molecule has 15 nitrogen and oxygen atoms in total. The summed E-state index contributed by atoms with van der Waals surface area (Å²) >= 11 is 0. The molecular weight excluding hydrogens is 514 g/mol. The molecule has 2 aromatic carbocycles. The zero-order valence-electron chi connectivity index (χ0n) is 20.5. The molecule has 39 heavy (non-hydrogen) atoms. The van der Waals surface area contributed by atoms with Crippen LogP contribution in [0.25, 0.3) is 0 Å². The van der Waals surface area contributed by atoms with Crippen molar-refractivity contribution in [1.82, 2.24) is 20.7 Å². The number of amides is 5. The molecule has 0 bridgehead atoms. The van der Waals surface area contributed by atoms with E-state index < -0.39 is 60.2 Å². The first-order chi connectivity index (χ1) is 18.4. The third-order valence-corrected chi connectivity index (χ3v) is 5.57. The van der Waals surface area contributed by atoms with Crippen molar-refractivity contribution in [3.63, 3.8) is 0 Å². The van der Waals surface area contributed by atoms with Gasteiger partial charge in [0.1, 0.15) is 12.1 Å². The van der Waals surface area contributed by atoms with Gasteiger partial charge in [-0.15, -0.1) is 0 Å². The predicted molar refractivity (Wildman–Crippen MR) is 134 cm³/mol. The van der Waals surface area contributed by atoms with E-state index in [2.05, 4.69) is 15.6 Å². The van der Waals surface area contributed by atoms with E-state index in [-0.39, 0.29) is 17.1 Å². The van der Waals surface area contributed by atoms with Crippen LogP contribution in [0, 0.1) is 0 Å². The molecular formula is C24H25N7O8. The predicted octanol–water partition coefficient (Wildman–Crippen LogP) is -0.267. The van der Waals surface area contributed by atoms with Gasteiger partial charge in [0.05, 0.1) is 12.1 Å². The number of carbonyl (C=O) groups excluding carboxylic acids is 4. The second-order valence-electron chi connectivity index (χ2n) is 8.33. The number of guanidine groups is 1. The van der Waals surface area contributed by atoms with Crippen molar-refractivity contribution in [3.05, 3.63) is 65.7 Å². The number of nitrogens with zero attached hydrogens (tertiary/aromatic N) is 3. The highest BCUT2D eigenvalue weighted by molar-refractivity contribution is 6.06. The first-order valence-electron chi connectivity index (χ1n) is 11.3. The molecule has 204 valence electrons. The first-order valence-corrected chi connectivity index (χ1v) is 11.3. The molecule has 8 N–H and O–H groups in total. The highest BCUT2D eigenvalue weighted by Crippen LogP contribution is 2.27. The fraction of sp³-hybridized carbons (Fsp3) is 0.208. The lowest BCUT2D eigenvalue weighted by Gasteiger charge is -2.34. The van der Waals surface area contributed by atoms with Gasteiger partial charge < -0.3 is 32.3 Å². The largest absolute Gasteiger partial charge is 0.481 e. The molecule has 1 saturated heterocycles. The number of hydrazine groups is 1. The normalized spacial score (nSPS) is 16.0. The summed E-state index contributed by atoms with van der Waals surface area (Å²) in [5.74, 6) is -6.42. The molecule has 3 atom stereocenters. The lowest BCUT2D eigenvalue weighted by atomic mass is 10.1. The van der Waals surface area contributed by atoms with Gasteiger partial charge in [0.15, 0.2) is 12.0 Å². The maximum Gasteiger partial charge on any atom is 0.344 e. The van der Waals surface area contributed by atoms with Crippen LogP contribution in [0.2, 0.25) is 0 Å². The maximum atomic E-state index is 13.3. The number of nitrogens with one attached hydrogen (secondary N) is 2.